The molecule has 0 aliphatic carbocycles. The summed E-state index contributed by atoms with van der Waals surface area (Å²) in [5.41, 5.74) is 0.914. The zero-order chi connectivity index (χ0) is 11.7. The zero-order valence-electron chi connectivity index (χ0n) is 9.51. The second kappa shape index (κ2) is 4.18. The van der Waals surface area contributed by atoms with E-state index in [4.69, 9.17) is 9.15 Å². The van der Waals surface area contributed by atoms with Crippen molar-refractivity contribution in [3.63, 3.8) is 0 Å². The summed E-state index contributed by atoms with van der Waals surface area (Å²) in [7, 11) is 1.64. The smallest absolute Gasteiger partial charge is 0.247 e. The number of benzene rings is 1. The molecule has 1 aromatic heterocycles. The number of hydrogen-bond acceptors (Lipinski definition) is 5. The standard InChI is InChI=1S/C12H13N3O2/c1-16-10-4-2-8(3-5-10)11-14-15-12(17-11)9-6-13-7-9/h2-5,9,13H,6-7H2,1H3. The molecule has 2 aromatic rings. The molecule has 0 bridgehead atoms. The molecule has 0 atom stereocenters. The lowest BCUT2D eigenvalue weighted by Crippen LogP contribution is -2.40. The molecule has 17 heavy (non-hydrogen) atoms. The van der Waals surface area contributed by atoms with Gasteiger partial charge in [-0.3, -0.25) is 0 Å². The van der Waals surface area contributed by atoms with Crippen molar-refractivity contribution in [3.05, 3.63) is 30.2 Å². The largest absolute Gasteiger partial charge is 0.497 e. The first-order valence-corrected chi connectivity index (χ1v) is 5.55. The molecular weight excluding hydrogens is 218 g/mol. The number of aromatic nitrogens is 2. The van der Waals surface area contributed by atoms with Crippen LogP contribution in [0.3, 0.4) is 0 Å². The van der Waals surface area contributed by atoms with Crippen molar-refractivity contribution in [2.75, 3.05) is 20.2 Å². The summed E-state index contributed by atoms with van der Waals surface area (Å²) in [5.74, 6) is 2.47. The van der Waals surface area contributed by atoms with Crippen molar-refractivity contribution in [3.8, 4) is 17.2 Å². The lowest BCUT2D eigenvalue weighted by molar-refractivity contribution is 0.361. The van der Waals surface area contributed by atoms with Gasteiger partial charge in [0, 0.05) is 18.7 Å². The van der Waals surface area contributed by atoms with Crippen LogP contribution in [-0.2, 0) is 0 Å². The molecule has 0 unspecified atom stereocenters. The Labute approximate surface area is 98.8 Å². The van der Waals surface area contributed by atoms with E-state index in [1.54, 1.807) is 7.11 Å². The summed E-state index contributed by atoms with van der Waals surface area (Å²) in [6, 6.07) is 7.58. The fraction of sp³-hybridized carbons (Fsp3) is 0.333. The summed E-state index contributed by atoms with van der Waals surface area (Å²) < 4.78 is 10.7. The van der Waals surface area contributed by atoms with Crippen LogP contribution < -0.4 is 10.1 Å². The molecule has 1 fully saturated rings. The number of nitrogens with one attached hydrogen (secondary N) is 1. The summed E-state index contributed by atoms with van der Waals surface area (Å²) in [6.07, 6.45) is 0. The third-order valence-corrected chi connectivity index (χ3v) is 2.91. The Morgan fingerprint density at radius 2 is 2.00 bits per heavy atom. The number of ether oxygens (including phenoxy) is 1. The van der Waals surface area contributed by atoms with Crippen molar-refractivity contribution in [2.24, 2.45) is 0 Å². The topological polar surface area (TPSA) is 60.2 Å². The molecule has 1 N–H and O–H groups in total. The van der Waals surface area contributed by atoms with E-state index < -0.39 is 0 Å². The first-order valence-electron chi connectivity index (χ1n) is 5.55. The van der Waals surface area contributed by atoms with Crippen LogP contribution in [0, 0.1) is 0 Å². The summed E-state index contributed by atoms with van der Waals surface area (Å²) in [6.45, 7) is 1.84. The second-order valence-electron chi connectivity index (χ2n) is 4.03. The van der Waals surface area contributed by atoms with E-state index in [2.05, 4.69) is 15.5 Å². The summed E-state index contributed by atoms with van der Waals surface area (Å²) in [4.78, 5) is 0. The van der Waals surface area contributed by atoms with Gasteiger partial charge in [-0.25, -0.2) is 0 Å². The van der Waals surface area contributed by atoms with Gasteiger partial charge in [0.15, 0.2) is 0 Å². The normalized spacial score (nSPS) is 15.6. The molecule has 1 aliphatic rings. The van der Waals surface area contributed by atoms with Crippen molar-refractivity contribution in [2.45, 2.75) is 5.92 Å². The Morgan fingerprint density at radius 1 is 1.24 bits per heavy atom. The molecule has 1 aromatic carbocycles. The molecule has 88 valence electrons. The second-order valence-corrected chi connectivity index (χ2v) is 4.03. The maximum atomic E-state index is 5.64. The van der Waals surface area contributed by atoms with Gasteiger partial charge in [0.2, 0.25) is 11.8 Å². The van der Waals surface area contributed by atoms with Crippen LogP contribution in [0.25, 0.3) is 11.5 Å². The van der Waals surface area contributed by atoms with Gasteiger partial charge in [-0.15, -0.1) is 10.2 Å². The molecule has 2 heterocycles. The number of nitrogens with zero attached hydrogens (tertiary/aromatic N) is 2. The van der Waals surface area contributed by atoms with Gasteiger partial charge < -0.3 is 14.5 Å². The number of methoxy groups -OCH3 is 1. The van der Waals surface area contributed by atoms with Crippen LogP contribution >= 0.6 is 0 Å². The first kappa shape index (κ1) is 10.3. The van der Waals surface area contributed by atoms with Crippen LogP contribution in [0.4, 0.5) is 0 Å². The number of rotatable bonds is 3. The maximum absolute atomic E-state index is 5.64. The quantitative estimate of drug-likeness (QED) is 0.866. The minimum absolute atomic E-state index is 0.370. The third kappa shape index (κ3) is 1.89. The molecule has 1 aliphatic heterocycles. The Balaban J connectivity index is 1.84. The molecule has 5 nitrogen and oxygen atoms in total. The average Bonchev–Trinajstić information content (AvgIpc) is 2.76. The van der Waals surface area contributed by atoms with Crippen molar-refractivity contribution in [1.82, 2.24) is 15.5 Å². The van der Waals surface area contributed by atoms with Gasteiger partial charge >= 0.3 is 0 Å². The number of hydrogen-bond donors (Lipinski definition) is 1. The molecular formula is C12H13N3O2. The first-order chi connectivity index (χ1) is 8.36. The predicted octanol–water partition coefficient (Wildman–Crippen LogP) is 1.43. The van der Waals surface area contributed by atoms with E-state index >= 15 is 0 Å². The molecule has 1 saturated heterocycles. The molecule has 0 saturated carbocycles. The van der Waals surface area contributed by atoms with E-state index in [9.17, 15) is 0 Å². The minimum atomic E-state index is 0.370. The molecule has 0 radical (unpaired) electrons. The monoisotopic (exact) mass is 231 g/mol. The van der Waals surface area contributed by atoms with Gasteiger partial charge in [-0.05, 0) is 24.3 Å². The van der Waals surface area contributed by atoms with Crippen LogP contribution in [0.1, 0.15) is 11.8 Å². The van der Waals surface area contributed by atoms with Crippen molar-refractivity contribution >= 4 is 0 Å². The van der Waals surface area contributed by atoms with Gasteiger partial charge in [-0.1, -0.05) is 0 Å². The highest BCUT2D eigenvalue weighted by atomic mass is 16.5. The summed E-state index contributed by atoms with van der Waals surface area (Å²) >= 11 is 0. The van der Waals surface area contributed by atoms with Crippen molar-refractivity contribution in [1.29, 1.82) is 0 Å². The lowest BCUT2D eigenvalue weighted by atomic mass is 10.0. The fourth-order valence-corrected chi connectivity index (χ4v) is 1.71. The molecule has 5 heteroatoms. The van der Waals surface area contributed by atoms with Crippen LogP contribution in [0.2, 0.25) is 0 Å². The third-order valence-electron chi connectivity index (χ3n) is 2.91. The van der Waals surface area contributed by atoms with Crippen molar-refractivity contribution < 1.29 is 9.15 Å². The predicted molar refractivity (Wildman–Crippen MR) is 61.9 cm³/mol. The van der Waals surface area contributed by atoms with Gasteiger partial charge in [0.1, 0.15) is 5.75 Å². The Bertz CT molecular complexity index is 503. The van der Waals surface area contributed by atoms with Crippen LogP contribution in [0.5, 0.6) is 5.75 Å². The van der Waals surface area contributed by atoms with E-state index in [1.807, 2.05) is 24.3 Å². The highest BCUT2D eigenvalue weighted by Gasteiger charge is 2.24. The van der Waals surface area contributed by atoms with E-state index in [1.165, 1.54) is 0 Å². The van der Waals surface area contributed by atoms with Gasteiger partial charge in [-0.2, -0.15) is 0 Å². The Kier molecular flexibility index (Phi) is 2.53. The Morgan fingerprint density at radius 3 is 2.59 bits per heavy atom. The molecule has 0 spiro atoms. The van der Waals surface area contributed by atoms with E-state index in [0.29, 0.717) is 11.8 Å². The maximum Gasteiger partial charge on any atom is 0.247 e. The highest BCUT2D eigenvalue weighted by molar-refractivity contribution is 5.54. The molecule has 3 rings (SSSR count). The summed E-state index contributed by atoms with van der Waals surface area (Å²) in [5, 5.41) is 11.3. The molecule has 0 amide bonds. The van der Waals surface area contributed by atoms with Gasteiger partial charge in [0.05, 0.1) is 13.0 Å². The van der Waals surface area contributed by atoms with Crippen LogP contribution in [-0.4, -0.2) is 30.4 Å². The lowest BCUT2D eigenvalue weighted by Gasteiger charge is -2.22. The fourth-order valence-electron chi connectivity index (χ4n) is 1.71. The van der Waals surface area contributed by atoms with Gasteiger partial charge in [0.25, 0.3) is 0 Å². The van der Waals surface area contributed by atoms with E-state index in [0.717, 1.165) is 30.3 Å². The average molecular weight is 231 g/mol. The van der Waals surface area contributed by atoms with Crippen LogP contribution in [0.15, 0.2) is 28.7 Å². The SMILES string of the molecule is COc1ccc(-c2nnc(C3CNC3)o2)cc1. The minimum Gasteiger partial charge on any atom is -0.497 e. The Hall–Kier alpha value is -1.88. The zero-order valence-corrected chi connectivity index (χ0v) is 9.51. The van der Waals surface area contributed by atoms with E-state index in [-0.39, 0.29) is 0 Å². The highest BCUT2D eigenvalue weighted by Crippen LogP contribution is 2.24.